The molecule has 0 aromatic heterocycles. The summed E-state index contributed by atoms with van der Waals surface area (Å²) in [4.78, 5) is 15.3. The number of hydrogen-bond donors (Lipinski definition) is 1. The Bertz CT molecular complexity index is 1120. The second-order valence-electron chi connectivity index (χ2n) is 8.56. The number of benzene rings is 2. The van der Waals surface area contributed by atoms with E-state index in [9.17, 15) is 9.90 Å². The molecule has 9 heteroatoms. The number of esters is 1. The smallest absolute Gasteiger partial charge is 0.343 e. The van der Waals surface area contributed by atoms with E-state index in [1.165, 1.54) is 14.2 Å². The Kier molecular flexibility index (Phi) is 5.91. The highest BCUT2D eigenvalue weighted by Gasteiger charge is 2.47. The van der Waals surface area contributed by atoms with Crippen molar-refractivity contribution in [3.8, 4) is 28.7 Å². The normalized spacial score (nSPS) is 21.5. The zero-order valence-corrected chi connectivity index (χ0v) is 19.8. The first-order valence-corrected chi connectivity index (χ1v) is 11.4. The highest BCUT2D eigenvalue weighted by molar-refractivity contribution is 5.98. The van der Waals surface area contributed by atoms with Crippen LogP contribution in [-0.2, 0) is 11.2 Å². The van der Waals surface area contributed by atoms with Crippen molar-refractivity contribution in [1.82, 2.24) is 4.90 Å². The van der Waals surface area contributed by atoms with Gasteiger partial charge in [-0.25, -0.2) is 4.79 Å². The molecule has 3 heterocycles. The fourth-order valence-electron chi connectivity index (χ4n) is 5.21. The minimum atomic E-state index is -0.639. The van der Waals surface area contributed by atoms with Gasteiger partial charge in [-0.2, -0.15) is 0 Å². The van der Waals surface area contributed by atoms with Crippen LogP contribution in [0.1, 0.15) is 52.5 Å². The summed E-state index contributed by atoms with van der Waals surface area (Å²) in [5.41, 5.74) is 2.98. The topological polar surface area (TPSA) is 95.9 Å². The monoisotopic (exact) mass is 471 g/mol. The molecule has 0 radical (unpaired) electrons. The Morgan fingerprint density at radius 1 is 1.15 bits per heavy atom. The van der Waals surface area contributed by atoms with Gasteiger partial charge in [-0.15, -0.1) is 0 Å². The van der Waals surface area contributed by atoms with Gasteiger partial charge in [0.05, 0.1) is 33.5 Å². The second kappa shape index (κ2) is 8.88. The van der Waals surface area contributed by atoms with Crippen molar-refractivity contribution in [3.05, 3.63) is 40.5 Å². The second-order valence-corrected chi connectivity index (χ2v) is 8.56. The van der Waals surface area contributed by atoms with Crippen LogP contribution in [0.4, 0.5) is 0 Å². The third-order valence-electron chi connectivity index (χ3n) is 6.83. The number of fused-ring (bicyclic) bond motifs is 3. The Labute approximate surface area is 198 Å². The summed E-state index contributed by atoms with van der Waals surface area (Å²) < 4.78 is 34.1. The Hall–Kier alpha value is -3.17. The highest BCUT2D eigenvalue weighted by atomic mass is 16.7. The van der Waals surface area contributed by atoms with E-state index in [-0.39, 0.29) is 6.79 Å². The molecular formula is C25H29NO8. The summed E-state index contributed by atoms with van der Waals surface area (Å²) in [6.07, 6.45) is 0.181. The van der Waals surface area contributed by atoms with Crippen LogP contribution < -0.4 is 23.7 Å². The van der Waals surface area contributed by atoms with E-state index in [0.29, 0.717) is 59.4 Å². The van der Waals surface area contributed by atoms with E-state index in [2.05, 4.69) is 4.90 Å². The van der Waals surface area contributed by atoms with Crippen LogP contribution in [0.15, 0.2) is 18.2 Å². The minimum absolute atomic E-state index is 0.121. The van der Waals surface area contributed by atoms with Gasteiger partial charge in [-0.3, -0.25) is 4.90 Å². The number of carbonyl (C=O) groups excluding carboxylic acids is 1. The lowest BCUT2D eigenvalue weighted by Gasteiger charge is -2.41. The van der Waals surface area contributed by atoms with Crippen molar-refractivity contribution in [2.24, 2.45) is 0 Å². The Morgan fingerprint density at radius 2 is 1.94 bits per heavy atom. The number of hydrogen-bond acceptors (Lipinski definition) is 9. The number of carbonyl (C=O) groups is 1. The van der Waals surface area contributed by atoms with Crippen LogP contribution in [0.25, 0.3) is 0 Å². The average molecular weight is 472 g/mol. The van der Waals surface area contributed by atoms with Gasteiger partial charge >= 0.3 is 5.97 Å². The number of β-amino-alcohol motifs (C(OH)–C–C–N with tert-alkyl or cyclic N) is 1. The van der Waals surface area contributed by atoms with Gasteiger partial charge in [-0.05, 0) is 30.5 Å². The predicted octanol–water partition coefficient (Wildman–Crippen LogP) is 3.02. The fourth-order valence-corrected chi connectivity index (χ4v) is 5.21. The molecule has 0 fully saturated rings. The van der Waals surface area contributed by atoms with Crippen molar-refractivity contribution >= 4 is 5.97 Å². The molecule has 0 saturated carbocycles. The molecule has 0 amide bonds. The molecule has 3 aliphatic heterocycles. The summed E-state index contributed by atoms with van der Waals surface area (Å²) in [5, 5.41) is 10.5. The van der Waals surface area contributed by atoms with Gasteiger partial charge in [0.2, 0.25) is 12.5 Å². The summed E-state index contributed by atoms with van der Waals surface area (Å²) >= 11 is 0. The lowest BCUT2D eigenvalue weighted by atomic mass is 9.84. The molecule has 0 saturated heterocycles. The summed E-state index contributed by atoms with van der Waals surface area (Å²) in [6.45, 7) is 3.16. The molecule has 34 heavy (non-hydrogen) atoms. The highest BCUT2D eigenvalue weighted by Crippen LogP contribution is 2.55. The van der Waals surface area contributed by atoms with Gasteiger partial charge in [0.15, 0.2) is 23.0 Å². The number of nitrogens with zero attached hydrogens (tertiary/aromatic N) is 1. The minimum Gasteiger partial charge on any atom is -0.493 e. The van der Waals surface area contributed by atoms with Crippen molar-refractivity contribution < 1.29 is 38.3 Å². The van der Waals surface area contributed by atoms with Crippen LogP contribution in [0.2, 0.25) is 0 Å². The van der Waals surface area contributed by atoms with E-state index in [0.717, 1.165) is 17.5 Å². The maximum absolute atomic E-state index is 13.1. The molecule has 0 bridgehead atoms. The van der Waals surface area contributed by atoms with Crippen LogP contribution >= 0.6 is 0 Å². The molecule has 3 unspecified atom stereocenters. The van der Waals surface area contributed by atoms with E-state index >= 15 is 0 Å². The molecule has 2 aromatic carbocycles. The molecule has 3 atom stereocenters. The number of rotatable bonds is 7. The summed E-state index contributed by atoms with van der Waals surface area (Å²) in [5.74, 6) is 2.09. The van der Waals surface area contributed by atoms with E-state index in [4.69, 9.17) is 28.4 Å². The number of aliphatic hydroxyl groups excluding tert-OH is 1. The number of methoxy groups -OCH3 is 3. The van der Waals surface area contributed by atoms with Crippen LogP contribution in [0.3, 0.4) is 0 Å². The third kappa shape index (κ3) is 3.42. The maximum Gasteiger partial charge on any atom is 0.343 e. The molecule has 0 aliphatic carbocycles. The van der Waals surface area contributed by atoms with E-state index < -0.39 is 24.2 Å². The Balaban J connectivity index is 1.69. The van der Waals surface area contributed by atoms with Crippen LogP contribution in [-0.4, -0.2) is 63.3 Å². The molecule has 2 aromatic rings. The summed E-state index contributed by atoms with van der Waals surface area (Å²) in [6, 6.07) is 5.19. The average Bonchev–Trinajstić information content (AvgIpc) is 3.45. The third-order valence-corrected chi connectivity index (χ3v) is 6.83. The standard InChI is InChI=1S/C25H29NO8/c1-5-14(27)11-26-9-8-13-10-17-23(33-12-32-17)24(31-4)18(13)20(26)21-15-6-7-16(29-2)22(30-3)19(15)25(28)34-21/h6-7,10,14,20-21,27H,5,8-9,11-12H2,1-4H3. The molecule has 182 valence electrons. The lowest BCUT2D eigenvalue weighted by molar-refractivity contribution is -0.00953. The lowest BCUT2D eigenvalue weighted by Crippen LogP contribution is -2.43. The number of cyclic esters (lactones) is 1. The molecule has 3 aliphatic rings. The van der Waals surface area contributed by atoms with Gasteiger partial charge in [0, 0.05) is 24.2 Å². The quantitative estimate of drug-likeness (QED) is 0.611. The first kappa shape index (κ1) is 22.6. The number of ether oxygens (including phenoxy) is 6. The molecule has 5 rings (SSSR count). The van der Waals surface area contributed by atoms with Gasteiger partial charge < -0.3 is 33.5 Å². The first-order chi connectivity index (χ1) is 16.5. The van der Waals surface area contributed by atoms with Crippen molar-refractivity contribution in [3.63, 3.8) is 0 Å². The van der Waals surface area contributed by atoms with E-state index in [1.807, 2.05) is 19.1 Å². The zero-order valence-electron chi connectivity index (χ0n) is 19.8. The largest absolute Gasteiger partial charge is 0.493 e. The van der Waals surface area contributed by atoms with Crippen molar-refractivity contribution in [2.75, 3.05) is 41.2 Å². The fraction of sp³-hybridized carbons (Fsp3) is 0.480. The van der Waals surface area contributed by atoms with Gasteiger partial charge in [0.1, 0.15) is 11.7 Å². The zero-order chi connectivity index (χ0) is 24.0. The van der Waals surface area contributed by atoms with Crippen LogP contribution in [0.5, 0.6) is 28.7 Å². The maximum atomic E-state index is 13.1. The number of aliphatic hydroxyl groups is 1. The predicted molar refractivity (Wildman–Crippen MR) is 121 cm³/mol. The van der Waals surface area contributed by atoms with Crippen molar-refractivity contribution in [1.29, 1.82) is 0 Å². The SMILES string of the molecule is CCC(O)CN1CCc2cc3c(c(OC)c2C1C1OC(=O)c2c1ccc(OC)c2OC)OCO3. The molecule has 0 spiro atoms. The molecular weight excluding hydrogens is 442 g/mol. The summed E-state index contributed by atoms with van der Waals surface area (Å²) in [7, 11) is 4.62. The van der Waals surface area contributed by atoms with Gasteiger partial charge in [-0.1, -0.05) is 13.0 Å². The first-order valence-electron chi connectivity index (χ1n) is 11.4. The van der Waals surface area contributed by atoms with Crippen LogP contribution in [0, 0.1) is 0 Å². The molecule has 9 nitrogen and oxygen atoms in total. The Morgan fingerprint density at radius 3 is 2.65 bits per heavy atom. The van der Waals surface area contributed by atoms with E-state index in [1.54, 1.807) is 13.2 Å². The molecule has 1 N–H and O–H groups in total. The van der Waals surface area contributed by atoms with Crippen molar-refractivity contribution in [2.45, 2.75) is 38.0 Å². The van der Waals surface area contributed by atoms with Gasteiger partial charge in [0.25, 0.3) is 0 Å².